The Hall–Kier alpha value is -1.04. The highest BCUT2D eigenvalue weighted by molar-refractivity contribution is 6.04. The number of carbonyl (C=O) groups is 1. The molecule has 1 atom stereocenters. The summed E-state index contributed by atoms with van der Waals surface area (Å²) in [6.45, 7) is 1.31. The summed E-state index contributed by atoms with van der Waals surface area (Å²) in [7, 11) is 3.32. The van der Waals surface area contributed by atoms with Crippen LogP contribution in [0.5, 0.6) is 0 Å². The van der Waals surface area contributed by atoms with Gasteiger partial charge in [-0.15, -0.1) is 0 Å². The fraction of sp³-hybridized carbons (Fsp3) is 0.727. The van der Waals surface area contributed by atoms with Gasteiger partial charge < -0.3 is 9.64 Å². The molecular formula is C11H16F3NO2. The van der Waals surface area contributed by atoms with Gasteiger partial charge in [0.1, 0.15) is 0 Å². The normalized spacial score (nSPS) is 27.9. The number of alkyl halides is 3. The summed E-state index contributed by atoms with van der Waals surface area (Å²) in [4.78, 5) is 13.4. The van der Waals surface area contributed by atoms with Crippen LogP contribution >= 0.6 is 0 Å². The second kappa shape index (κ2) is 4.68. The van der Waals surface area contributed by atoms with Crippen LogP contribution < -0.4 is 0 Å². The molecule has 0 bridgehead atoms. The van der Waals surface area contributed by atoms with E-state index in [4.69, 9.17) is 4.74 Å². The first kappa shape index (κ1) is 14.0. The molecule has 0 N–H and O–H groups in total. The maximum absolute atomic E-state index is 13.0. The van der Waals surface area contributed by atoms with Crippen molar-refractivity contribution < 1.29 is 22.7 Å². The van der Waals surface area contributed by atoms with Crippen molar-refractivity contribution in [2.24, 2.45) is 0 Å². The zero-order valence-corrected chi connectivity index (χ0v) is 10.1. The van der Waals surface area contributed by atoms with Crippen molar-refractivity contribution in [1.82, 2.24) is 4.90 Å². The standard InChI is InChI=1S/C11H16F3NO2/c1-4-17-10(11(12,13)14)6-5-8(9(10)16)7-15(2)3/h7H,4-6H2,1-3H3/b8-7-/t10-/m0/s1. The van der Waals surface area contributed by atoms with Crippen LogP contribution in [0.25, 0.3) is 0 Å². The molecule has 1 aliphatic rings. The Kier molecular flexibility index (Phi) is 3.86. The summed E-state index contributed by atoms with van der Waals surface area (Å²) in [6.07, 6.45) is -3.48. The highest BCUT2D eigenvalue weighted by Gasteiger charge is 2.64. The Morgan fingerprint density at radius 2 is 2.06 bits per heavy atom. The van der Waals surface area contributed by atoms with Crippen LogP contribution in [0.15, 0.2) is 11.8 Å². The lowest BCUT2D eigenvalue weighted by molar-refractivity contribution is -0.261. The Morgan fingerprint density at radius 1 is 1.47 bits per heavy atom. The van der Waals surface area contributed by atoms with Crippen molar-refractivity contribution in [2.75, 3.05) is 20.7 Å². The molecule has 0 spiro atoms. The number of halogens is 3. The summed E-state index contributed by atoms with van der Waals surface area (Å²) < 4.78 is 43.7. The van der Waals surface area contributed by atoms with Crippen LogP contribution in [0.4, 0.5) is 13.2 Å². The van der Waals surface area contributed by atoms with Gasteiger partial charge >= 0.3 is 6.18 Å². The first-order valence-electron chi connectivity index (χ1n) is 5.37. The Balaban J connectivity index is 3.09. The van der Waals surface area contributed by atoms with E-state index in [0.717, 1.165) is 0 Å². The summed E-state index contributed by atoms with van der Waals surface area (Å²) >= 11 is 0. The van der Waals surface area contributed by atoms with Crippen LogP contribution in [0.3, 0.4) is 0 Å². The molecule has 6 heteroatoms. The average Bonchev–Trinajstić information content (AvgIpc) is 2.46. The van der Waals surface area contributed by atoms with E-state index in [9.17, 15) is 18.0 Å². The molecule has 98 valence electrons. The number of hydrogen-bond donors (Lipinski definition) is 0. The number of hydrogen-bond acceptors (Lipinski definition) is 3. The Morgan fingerprint density at radius 3 is 2.47 bits per heavy atom. The van der Waals surface area contributed by atoms with Crippen molar-refractivity contribution in [3.05, 3.63) is 11.8 Å². The first-order valence-corrected chi connectivity index (χ1v) is 5.37. The average molecular weight is 251 g/mol. The van der Waals surface area contributed by atoms with Crippen LogP contribution in [0, 0.1) is 0 Å². The summed E-state index contributed by atoms with van der Waals surface area (Å²) in [5, 5.41) is 0. The number of ketones is 1. The first-order chi connectivity index (χ1) is 7.74. The number of nitrogens with zero attached hydrogens (tertiary/aromatic N) is 1. The predicted octanol–water partition coefficient (Wildman–Crippen LogP) is 2.13. The Bertz CT molecular complexity index is 336. The van der Waals surface area contributed by atoms with Crippen molar-refractivity contribution >= 4 is 5.78 Å². The summed E-state index contributed by atoms with van der Waals surface area (Å²) in [5.74, 6) is -0.958. The fourth-order valence-corrected chi connectivity index (χ4v) is 1.97. The summed E-state index contributed by atoms with van der Waals surface area (Å²) in [5.41, 5.74) is -2.47. The molecule has 0 aromatic heterocycles. The third-order valence-corrected chi connectivity index (χ3v) is 2.67. The maximum Gasteiger partial charge on any atom is 0.425 e. The quantitative estimate of drug-likeness (QED) is 0.720. The minimum Gasteiger partial charge on any atom is -0.383 e. The Labute approximate surface area is 98.2 Å². The lowest BCUT2D eigenvalue weighted by Gasteiger charge is -2.29. The number of rotatable bonds is 3. The van der Waals surface area contributed by atoms with Gasteiger partial charge in [0, 0.05) is 32.5 Å². The molecule has 0 aromatic rings. The number of ether oxygens (including phenoxy) is 1. The third kappa shape index (κ3) is 2.46. The van der Waals surface area contributed by atoms with Crippen LogP contribution in [-0.2, 0) is 9.53 Å². The van der Waals surface area contributed by atoms with E-state index < -0.39 is 17.6 Å². The number of carbonyl (C=O) groups excluding carboxylic acids is 1. The smallest absolute Gasteiger partial charge is 0.383 e. The van der Waals surface area contributed by atoms with E-state index in [2.05, 4.69) is 0 Å². The molecule has 0 radical (unpaired) electrons. The second-order valence-electron chi connectivity index (χ2n) is 4.20. The maximum atomic E-state index is 13.0. The van der Waals surface area contributed by atoms with Crippen molar-refractivity contribution in [3.8, 4) is 0 Å². The lowest BCUT2D eigenvalue weighted by atomic mass is 9.99. The molecular weight excluding hydrogens is 235 g/mol. The van der Waals surface area contributed by atoms with E-state index in [1.165, 1.54) is 13.1 Å². The molecule has 3 nitrogen and oxygen atoms in total. The van der Waals surface area contributed by atoms with Gasteiger partial charge in [0.25, 0.3) is 0 Å². The van der Waals surface area contributed by atoms with Gasteiger partial charge in [-0.3, -0.25) is 4.79 Å². The van der Waals surface area contributed by atoms with E-state index in [1.807, 2.05) is 0 Å². The van der Waals surface area contributed by atoms with Crippen LogP contribution in [0.1, 0.15) is 19.8 Å². The van der Waals surface area contributed by atoms with Crippen molar-refractivity contribution in [2.45, 2.75) is 31.5 Å². The van der Waals surface area contributed by atoms with Crippen LogP contribution in [0.2, 0.25) is 0 Å². The van der Waals surface area contributed by atoms with Crippen molar-refractivity contribution in [1.29, 1.82) is 0 Å². The molecule has 17 heavy (non-hydrogen) atoms. The van der Waals surface area contributed by atoms with Gasteiger partial charge in [-0.05, 0) is 19.8 Å². The van der Waals surface area contributed by atoms with Crippen molar-refractivity contribution in [3.63, 3.8) is 0 Å². The van der Waals surface area contributed by atoms with Gasteiger partial charge in [0.2, 0.25) is 11.4 Å². The fourth-order valence-electron chi connectivity index (χ4n) is 1.97. The molecule has 0 unspecified atom stereocenters. The molecule has 0 amide bonds. The van der Waals surface area contributed by atoms with Gasteiger partial charge in [-0.2, -0.15) is 13.2 Å². The topological polar surface area (TPSA) is 29.5 Å². The lowest BCUT2D eigenvalue weighted by Crippen LogP contribution is -2.51. The SMILES string of the molecule is CCO[C@@]1(C(F)(F)F)CC/C(=C/N(C)C)C1=O. The molecule has 0 aromatic carbocycles. The molecule has 1 aliphatic carbocycles. The second-order valence-corrected chi connectivity index (χ2v) is 4.20. The third-order valence-electron chi connectivity index (χ3n) is 2.67. The van der Waals surface area contributed by atoms with E-state index in [1.54, 1.807) is 19.0 Å². The van der Waals surface area contributed by atoms with E-state index in [0.29, 0.717) is 0 Å². The van der Waals surface area contributed by atoms with Gasteiger partial charge in [-0.1, -0.05) is 0 Å². The zero-order valence-electron chi connectivity index (χ0n) is 10.1. The van der Waals surface area contributed by atoms with E-state index in [-0.39, 0.29) is 25.0 Å². The number of Topliss-reactive ketones (excluding diaryl/α,β-unsaturated/α-hetero) is 1. The molecule has 0 aliphatic heterocycles. The van der Waals surface area contributed by atoms with Gasteiger partial charge in [-0.25, -0.2) is 0 Å². The van der Waals surface area contributed by atoms with Gasteiger partial charge in [0.05, 0.1) is 0 Å². The van der Waals surface area contributed by atoms with Crippen LogP contribution in [-0.4, -0.2) is 43.2 Å². The highest BCUT2D eigenvalue weighted by atomic mass is 19.4. The molecule has 0 saturated heterocycles. The molecule has 0 heterocycles. The van der Waals surface area contributed by atoms with E-state index >= 15 is 0 Å². The molecule has 1 fully saturated rings. The predicted molar refractivity (Wildman–Crippen MR) is 56.4 cm³/mol. The summed E-state index contributed by atoms with van der Waals surface area (Å²) in [6, 6.07) is 0. The monoisotopic (exact) mass is 251 g/mol. The molecule has 1 saturated carbocycles. The van der Waals surface area contributed by atoms with Gasteiger partial charge in [0.15, 0.2) is 0 Å². The molecule has 1 rings (SSSR count). The highest BCUT2D eigenvalue weighted by Crippen LogP contribution is 2.45. The largest absolute Gasteiger partial charge is 0.425 e. The minimum absolute atomic E-state index is 0.0938. The minimum atomic E-state index is -4.66. The zero-order chi connectivity index (χ0) is 13.3.